The number of nitrogens with zero attached hydrogens (tertiary/aromatic N) is 1. The van der Waals surface area contributed by atoms with E-state index < -0.39 is 5.60 Å². The number of aliphatic hydroxyl groups is 1. The van der Waals surface area contributed by atoms with Crippen molar-refractivity contribution >= 4 is 6.08 Å². The number of aromatic hydroxyl groups is 1. The summed E-state index contributed by atoms with van der Waals surface area (Å²) in [5, 5.41) is 30.6. The number of hydrogen-bond acceptors (Lipinski definition) is 3. The molecule has 3 heteroatoms. The summed E-state index contributed by atoms with van der Waals surface area (Å²) in [5.41, 5.74) is 3.53. The summed E-state index contributed by atoms with van der Waals surface area (Å²) >= 11 is 0. The van der Waals surface area contributed by atoms with Crippen LogP contribution in [0.1, 0.15) is 67.2 Å². The molecule has 0 saturated heterocycles. The first-order valence-corrected chi connectivity index (χ1v) is 11.2. The van der Waals surface area contributed by atoms with Crippen molar-refractivity contribution in [3.8, 4) is 11.8 Å². The Labute approximate surface area is 178 Å². The zero-order chi connectivity index (χ0) is 20.9. The molecule has 0 amide bonds. The zero-order valence-corrected chi connectivity index (χ0v) is 17.5. The highest BCUT2D eigenvalue weighted by Gasteiger charge is 2.60. The molecule has 3 aliphatic rings. The molecule has 5 rings (SSSR count). The molecule has 5 atom stereocenters. The van der Waals surface area contributed by atoms with Gasteiger partial charge in [0.15, 0.2) is 0 Å². The molecule has 3 aliphatic carbocycles. The van der Waals surface area contributed by atoms with E-state index in [1.807, 2.05) is 48.6 Å². The molecule has 0 bridgehead atoms. The normalized spacial score (nSPS) is 34.8. The fourth-order valence-corrected chi connectivity index (χ4v) is 6.80. The van der Waals surface area contributed by atoms with Gasteiger partial charge in [0.05, 0.1) is 17.2 Å². The smallest absolute Gasteiger partial charge is 0.115 e. The number of aryl methyl sites for hydroxylation is 1. The molecule has 0 aliphatic heterocycles. The van der Waals surface area contributed by atoms with Crippen molar-refractivity contribution in [2.24, 2.45) is 17.3 Å². The molecule has 2 N–H and O–H groups in total. The van der Waals surface area contributed by atoms with Gasteiger partial charge in [0.1, 0.15) is 5.75 Å². The average molecular weight is 400 g/mol. The standard InChI is InChI=1S/C27H29NO2/c1-26-13-11-23-22-9-7-21(29)16-20(22)6-8-24(23)25(26)12-15-27(26,30)14-10-18-2-4-19(17-28)5-3-18/h2-5,7,9-10,14,16,23-25,29-30H,6,8,11-13,15H2,1H3/b14-10-/t23?,24?,25?,26-,27-/m0/s1. The third kappa shape index (κ3) is 2.89. The summed E-state index contributed by atoms with van der Waals surface area (Å²) in [6.45, 7) is 2.30. The molecule has 154 valence electrons. The summed E-state index contributed by atoms with van der Waals surface area (Å²) < 4.78 is 0. The molecule has 3 unspecified atom stereocenters. The Morgan fingerprint density at radius 3 is 2.63 bits per heavy atom. The topological polar surface area (TPSA) is 64.2 Å². The van der Waals surface area contributed by atoms with E-state index in [2.05, 4.69) is 19.1 Å². The number of nitriles is 1. The lowest BCUT2D eigenvalue weighted by Gasteiger charge is -2.52. The van der Waals surface area contributed by atoms with E-state index in [9.17, 15) is 10.2 Å². The van der Waals surface area contributed by atoms with Gasteiger partial charge >= 0.3 is 0 Å². The monoisotopic (exact) mass is 399 g/mol. The molecule has 2 saturated carbocycles. The number of fused-ring (bicyclic) bond motifs is 5. The minimum Gasteiger partial charge on any atom is -0.508 e. The predicted octanol–water partition coefficient (Wildman–Crippen LogP) is 5.56. The molecule has 0 radical (unpaired) electrons. The van der Waals surface area contributed by atoms with Crippen LogP contribution in [0.2, 0.25) is 0 Å². The van der Waals surface area contributed by atoms with Crippen LogP contribution in [0.25, 0.3) is 6.08 Å². The van der Waals surface area contributed by atoms with Crippen molar-refractivity contribution in [2.75, 3.05) is 0 Å². The van der Waals surface area contributed by atoms with Crippen molar-refractivity contribution < 1.29 is 10.2 Å². The summed E-state index contributed by atoms with van der Waals surface area (Å²) in [6, 6.07) is 15.6. The Morgan fingerprint density at radius 1 is 1.07 bits per heavy atom. The molecule has 2 fully saturated rings. The Bertz CT molecular complexity index is 1030. The highest BCUT2D eigenvalue weighted by atomic mass is 16.3. The van der Waals surface area contributed by atoms with Crippen LogP contribution in [0.3, 0.4) is 0 Å². The quantitative estimate of drug-likeness (QED) is 0.694. The van der Waals surface area contributed by atoms with Crippen LogP contribution in [-0.2, 0) is 6.42 Å². The van der Waals surface area contributed by atoms with Crippen LogP contribution < -0.4 is 0 Å². The minimum absolute atomic E-state index is 0.105. The van der Waals surface area contributed by atoms with Gasteiger partial charge in [-0.15, -0.1) is 0 Å². The lowest BCUT2D eigenvalue weighted by Crippen LogP contribution is -2.49. The number of benzene rings is 2. The summed E-state index contributed by atoms with van der Waals surface area (Å²) in [7, 11) is 0. The van der Waals surface area contributed by atoms with Gasteiger partial charge in [-0.05, 0) is 97.2 Å². The summed E-state index contributed by atoms with van der Waals surface area (Å²) in [4.78, 5) is 0. The Kier molecular flexibility index (Phi) is 4.52. The van der Waals surface area contributed by atoms with Crippen LogP contribution in [0.15, 0.2) is 48.5 Å². The Hall–Kier alpha value is -2.57. The molecule has 0 aromatic heterocycles. The van der Waals surface area contributed by atoms with Gasteiger partial charge in [0.2, 0.25) is 0 Å². The first-order valence-electron chi connectivity index (χ1n) is 11.2. The fraction of sp³-hybridized carbons (Fsp3) is 0.444. The number of phenols is 1. The Balaban J connectivity index is 1.41. The van der Waals surface area contributed by atoms with Crippen molar-refractivity contribution in [1.29, 1.82) is 5.26 Å². The van der Waals surface area contributed by atoms with E-state index in [1.165, 1.54) is 11.1 Å². The largest absolute Gasteiger partial charge is 0.508 e. The van der Waals surface area contributed by atoms with Crippen molar-refractivity contribution in [3.05, 3.63) is 70.8 Å². The van der Waals surface area contributed by atoms with Gasteiger partial charge < -0.3 is 10.2 Å². The average Bonchev–Trinajstić information content (AvgIpc) is 3.03. The van der Waals surface area contributed by atoms with Gasteiger partial charge in [-0.25, -0.2) is 0 Å². The maximum absolute atomic E-state index is 11.8. The highest BCUT2D eigenvalue weighted by molar-refractivity contribution is 5.53. The van der Waals surface area contributed by atoms with Crippen molar-refractivity contribution in [2.45, 2.75) is 57.0 Å². The van der Waals surface area contributed by atoms with E-state index in [1.54, 1.807) is 0 Å². The van der Waals surface area contributed by atoms with Gasteiger partial charge in [-0.1, -0.05) is 37.3 Å². The van der Waals surface area contributed by atoms with E-state index in [4.69, 9.17) is 5.26 Å². The van der Waals surface area contributed by atoms with E-state index in [-0.39, 0.29) is 5.41 Å². The van der Waals surface area contributed by atoms with Gasteiger partial charge in [-0.2, -0.15) is 5.26 Å². The molecule has 0 spiro atoms. The van der Waals surface area contributed by atoms with Crippen LogP contribution in [0.4, 0.5) is 0 Å². The third-order valence-electron chi connectivity index (χ3n) is 8.52. The summed E-state index contributed by atoms with van der Waals surface area (Å²) in [5.74, 6) is 2.06. The number of hydrogen-bond donors (Lipinski definition) is 2. The maximum atomic E-state index is 11.8. The second kappa shape index (κ2) is 7.00. The SMILES string of the molecule is C[C@]12CCC3c4ccc(O)cc4CCC3C1CC[C@@]2(O)/C=C\c1ccc(C#N)cc1. The lowest BCUT2D eigenvalue weighted by atomic mass is 9.53. The lowest BCUT2D eigenvalue weighted by molar-refractivity contribution is -0.0705. The second-order valence-electron chi connectivity index (χ2n) is 9.78. The minimum atomic E-state index is -0.786. The van der Waals surface area contributed by atoms with E-state index >= 15 is 0 Å². The van der Waals surface area contributed by atoms with E-state index in [0.717, 1.165) is 44.1 Å². The summed E-state index contributed by atoms with van der Waals surface area (Å²) in [6.07, 6.45) is 10.2. The number of rotatable bonds is 2. The van der Waals surface area contributed by atoms with Crippen molar-refractivity contribution in [1.82, 2.24) is 0 Å². The van der Waals surface area contributed by atoms with E-state index in [0.29, 0.717) is 29.1 Å². The highest BCUT2D eigenvalue weighted by Crippen LogP contribution is 2.64. The second-order valence-corrected chi connectivity index (χ2v) is 9.78. The third-order valence-corrected chi connectivity index (χ3v) is 8.52. The van der Waals surface area contributed by atoms with Crippen LogP contribution in [0, 0.1) is 28.6 Å². The predicted molar refractivity (Wildman–Crippen MR) is 118 cm³/mol. The molecule has 2 aromatic carbocycles. The fourth-order valence-electron chi connectivity index (χ4n) is 6.80. The first-order chi connectivity index (χ1) is 14.4. The molecule has 3 nitrogen and oxygen atoms in total. The van der Waals surface area contributed by atoms with Gasteiger partial charge in [-0.3, -0.25) is 0 Å². The molecule has 30 heavy (non-hydrogen) atoms. The Morgan fingerprint density at radius 2 is 1.87 bits per heavy atom. The van der Waals surface area contributed by atoms with Crippen LogP contribution >= 0.6 is 0 Å². The zero-order valence-electron chi connectivity index (χ0n) is 17.5. The van der Waals surface area contributed by atoms with Gasteiger partial charge in [0.25, 0.3) is 0 Å². The first kappa shape index (κ1) is 19.4. The van der Waals surface area contributed by atoms with Crippen LogP contribution in [-0.4, -0.2) is 15.8 Å². The molecule has 2 aromatic rings. The molecular weight excluding hydrogens is 370 g/mol. The maximum Gasteiger partial charge on any atom is 0.115 e. The van der Waals surface area contributed by atoms with Gasteiger partial charge in [0, 0.05) is 5.41 Å². The molecular formula is C27H29NO2. The van der Waals surface area contributed by atoms with Crippen LogP contribution in [0.5, 0.6) is 5.75 Å². The molecule has 0 heterocycles. The van der Waals surface area contributed by atoms with Crippen molar-refractivity contribution in [3.63, 3.8) is 0 Å². The number of phenolic OH excluding ortho intramolecular Hbond substituents is 1.